The zero-order chi connectivity index (χ0) is 14.4. The van der Waals surface area contributed by atoms with Gasteiger partial charge >= 0.3 is 5.97 Å². The molecule has 1 aromatic carbocycles. The van der Waals surface area contributed by atoms with Crippen LogP contribution in [0.5, 0.6) is 17.2 Å². The molecule has 1 rings (SSSR count). The molecule has 19 heavy (non-hydrogen) atoms. The van der Waals surface area contributed by atoms with Gasteiger partial charge in [-0.25, -0.2) is 0 Å². The largest absolute Gasteiger partial charge is 0.504 e. The van der Waals surface area contributed by atoms with Crippen LogP contribution in [-0.2, 0) is 16.0 Å². The highest BCUT2D eigenvalue weighted by molar-refractivity contribution is 5.76. The summed E-state index contributed by atoms with van der Waals surface area (Å²) >= 11 is 0. The Bertz CT molecular complexity index is 447. The number of phenols is 1. The first-order valence-corrected chi connectivity index (χ1v) is 5.89. The summed E-state index contributed by atoms with van der Waals surface area (Å²) in [5.74, 6) is 0.0919. The Kier molecular flexibility index (Phi) is 5.44. The Morgan fingerprint density at radius 3 is 2.58 bits per heavy atom. The SMILES string of the molecule is CCOC(=O)C(N)Cc1cc(O)c(OC)c(OC)c1. The lowest BCUT2D eigenvalue weighted by Crippen LogP contribution is -2.34. The van der Waals surface area contributed by atoms with Crippen molar-refractivity contribution in [2.45, 2.75) is 19.4 Å². The standard InChI is InChI=1S/C13H19NO5/c1-4-19-13(16)9(14)5-8-6-10(15)12(18-3)11(7-8)17-2/h6-7,9,15H,4-5,14H2,1-3H3. The van der Waals surface area contributed by atoms with Crippen LogP contribution in [-0.4, -0.2) is 37.9 Å². The third kappa shape index (κ3) is 3.75. The first-order valence-electron chi connectivity index (χ1n) is 5.89. The number of nitrogens with two attached hydrogens (primary N) is 1. The fraction of sp³-hybridized carbons (Fsp3) is 0.462. The van der Waals surface area contributed by atoms with Crippen LogP contribution in [0.3, 0.4) is 0 Å². The number of benzene rings is 1. The number of methoxy groups -OCH3 is 2. The van der Waals surface area contributed by atoms with Gasteiger partial charge in [-0.2, -0.15) is 0 Å². The second-order valence-corrected chi connectivity index (χ2v) is 3.91. The molecule has 0 bridgehead atoms. The summed E-state index contributed by atoms with van der Waals surface area (Å²) in [6, 6.07) is 2.37. The highest BCUT2D eigenvalue weighted by atomic mass is 16.5. The number of phenolic OH excluding ortho intramolecular Hbond substituents is 1. The maximum Gasteiger partial charge on any atom is 0.323 e. The highest BCUT2D eigenvalue weighted by Gasteiger charge is 2.18. The molecule has 0 amide bonds. The third-order valence-corrected chi connectivity index (χ3v) is 2.56. The van der Waals surface area contributed by atoms with E-state index in [2.05, 4.69) is 0 Å². The molecule has 0 aliphatic carbocycles. The molecular weight excluding hydrogens is 250 g/mol. The van der Waals surface area contributed by atoms with Crippen molar-refractivity contribution in [1.82, 2.24) is 0 Å². The first-order chi connectivity index (χ1) is 9.03. The second kappa shape index (κ2) is 6.84. The molecule has 0 saturated carbocycles. The van der Waals surface area contributed by atoms with Gasteiger partial charge in [-0.1, -0.05) is 0 Å². The molecule has 0 radical (unpaired) electrons. The number of hydrogen-bond donors (Lipinski definition) is 2. The molecule has 0 fully saturated rings. The van der Waals surface area contributed by atoms with Crippen LogP contribution in [0, 0.1) is 0 Å². The molecule has 0 aliphatic rings. The minimum Gasteiger partial charge on any atom is -0.504 e. The Balaban J connectivity index is 2.90. The van der Waals surface area contributed by atoms with Crippen molar-refractivity contribution >= 4 is 5.97 Å². The monoisotopic (exact) mass is 269 g/mol. The van der Waals surface area contributed by atoms with Gasteiger partial charge in [0, 0.05) is 0 Å². The predicted octanol–water partition coefficient (Wildman–Crippen LogP) is 0.842. The van der Waals surface area contributed by atoms with Gasteiger partial charge in [0.2, 0.25) is 5.75 Å². The first kappa shape index (κ1) is 15.1. The maximum absolute atomic E-state index is 11.4. The topological polar surface area (TPSA) is 91.0 Å². The van der Waals surface area contributed by atoms with Gasteiger partial charge in [0.05, 0.1) is 20.8 Å². The van der Waals surface area contributed by atoms with Crippen LogP contribution in [0.25, 0.3) is 0 Å². The molecule has 6 heteroatoms. The van der Waals surface area contributed by atoms with E-state index in [1.807, 2.05) is 0 Å². The fourth-order valence-corrected chi connectivity index (χ4v) is 1.70. The summed E-state index contributed by atoms with van der Waals surface area (Å²) in [5, 5.41) is 9.80. The fourth-order valence-electron chi connectivity index (χ4n) is 1.70. The lowest BCUT2D eigenvalue weighted by atomic mass is 10.1. The van der Waals surface area contributed by atoms with Crippen molar-refractivity contribution < 1.29 is 24.1 Å². The highest BCUT2D eigenvalue weighted by Crippen LogP contribution is 2.37. The van der Waals surface area contributed by atoms with Crippen molar-refractivity contribution in [1.29, 1.82) is 0 Å². The lowest BCUT2D eigenvalue weighted by molar-refractivity contribution is -0.144. The predicted molar refractivity (Wildman–Crippen MR) is 69.5 cm³/mol. The zero-order valence-electron chi connectivity index (χ0n) is 11.3. The van der Waals surface area contributed by atoms with E-state index in [1.54, 1.807) is 13.0 Å². The molecule has 1 aromatic rings. The summed E-state index contributed by atoms with van der Waals surface area (Å²) in [4.78, 5) is 11.4. The van der Waals surface area contributed by atoms with Crippen LogP contribution in [0.2, 0.25) is 0 Å². The number of carbonyl (C=O) groups is 1. The van der Waals surface area contributed by atoms with E-state index in [0.29, 0.717) is 11.3 Å². The molecule has 6 nitrogen and oxygen atoms in total. The normalized spacial score (nSPS) is 11.8. The van der Waals surface area contributed by atoms with E-state index in [0.717, 1.165) is 0 Å². The molecule has 3 N–H and O–H groups in total. The molecule has 0 heterocycles. The van der Waals surface area contributed by atoms with Crippen molar-refractivity contribution in [2.75, 3.05) is 20.8 Å². The zero-order valence-corrected chi connectivity index (χ0v) is 11.3. The van der Waals surface area contributed by atoms with Crippen molar-refractivity contribution in [2.24, 2.45) is 5.73 Å². The van der Waals surface area contributed by atoms with Gasteiger partial charge in [0.15, 0.2) is 11.5 Å². The minimum absolute atomic E-state index is 0.0621. The van der Waals surface area contributed by atoms with Gasteiger partial charge in [-0.05, 0) is 31.0 Å². The van der Waals surface area contributed by atoms with Crippen LogP contribution in [0.4, 0.5) is 0 Å². The number of esters is 1. The Labute approximate surface area is 112 Å². The van der Waals surface area contributed by atoms with Crippen molar-refractivity contribution in [3.63, 3.8) is 0 Å². The Morgan fingerprint density at radius 1 is 1.37 bits per heavy atom. The Morgan fingerprint density at radius 2 is 2.05 bits per heavy atom. The second-order valence-electron chi connectivity index (χ2n) is 3.91. The summed E-state index contributed by atoms with van der Waals surface area (Å²) in [5.41, 5.74) is 6.38. The van der Waals surface area contributed by atoms with Gasteiger partial charge in [-0.3, -0.25) is 4.79 Å². The van der Waals surface area contributed by atoms with E-state index >= 15 is 0 Å². The lowest BCUT2D eigenvalue weighted by Gasteiger charge is -2.14. The van der Waals surface area contributed by atoms with Gasteiger partial charge in [0.25, 0.3) is 0 Å². The smallest absolute Gasteiger partial charge is 0.323 e. The molecule has 1 atom stereocenters. The molecule has 0 spiro atoms. The minimum atomic E-state index is -0.780. The van der Waals surface area contributed by atoms with Crippen LogP contribution >= 0.6 is 0 Å². The number of carbonyl (C=O) groups excluding carboxylic acids is 1. The molecule has 1 unspecified atom stereocenters. The van der Waals surface area contributed by atoms with Crippen LogP contribution in [0.1, 0.15) is 12.5 Å². The Hall–Kier alpha value is -1.95. The third-order valence-electron chi connectivity index (χ3n) is 2.56. The molecule has 106 valence electrons. The van der Waals surface area contributed by atoms with Crippen molar-refractivity contribution in [3.05, 3.63) is 17.7 Å². The average molecular weight is 269 g/mol. The summed E-state index contributed by atoms with van der Waals surface area (Å²) < 4.78 is 14.9. The molecule has 0 aromatic heterocycles. The van der Waals surface area contributed by atoms with Gasteiger partial charge < -0.3 is 25.1 Å². The number of ether oxygens (including phenoxy) is 3. The van der Waals surface area contributed by atoms with Gasteiger partial charge in [0.1, 0.15) is 6.04 Å². The van der Waals surface area contributed by atoms with Crippen LogP contribution < -0.4 is 15.2 Å². The number of hydrogen-bond acceptors (Lipinski definition) is 6. The summed E-state index contributed by atoms with van der Waals surface area (Å²) in [6.45, 7) is 2.00. The molecular formula is C13H19NO5. The van der Waals surface area contributed by atoms with Crippen LogP contribution in [0.15, 0.2) is 12.1 Å². The maximum atomic E-state index is 11.4. The van der Waals surface area contributed by atoms with E-state index in [1.165, 1.54) is 20.3 Å². The van der Waals surface area contributed by atoms with Gasteiger partial charge in [-0.15, -0.1) is 0 Å². The quantitative estimate of drug-likeness (QED) is 0.744. The number of rotatable bonds is 6. The van der Waals surface area contributed by atoms with E-state index in [4.69, 9.17) is 19.9 Å². The van der Waals surface area contributed by atoms with Crippen molar-refractivity contribution in [3.8, 4) is 17.2 Å². The number of aromatic hydroxyl groups is 1. The average Bonchev–Trinajstić information content (AvgIpc) is 2.38. The molecule has 0 aliphatic heterocycles. The molecule has 0 saturated heterocycles. The van der Waals surface area contributed by atoms with E-state index in [-0.39, 0.29) is 24.5 Å². The summed E-state index contributed by atoms with van der Waals surface area (Å²) in [6.07, 6.45) is 0.243. The van der Waals surface area contributed by atoms with E-state index in [9.17, 15) is 9.90 Å². The van der Waals surface area contributed by atoms with E-state index < -0.39 is 12.0 Å². The summed E-state index contributed by atoms with van der Waals surface area (Å²) in [7, 11) is 2.90.